The number of thiocarbonyl (C=S) groups is 1. The van der Waals surface area contributed by atoms with Crippen LogP contribution in [0.1, 0.15) is 20.7 Å². The fourth-order valence-corrected chi connectivity index (χ4v) is 2.42. The zero-order valence-electron chi connectivity index (χ0n) is 11.2. The third kappa shape index (κ3) is 2.66. The average Bonchev–Trinajstić information content (AvgIpc) is 2.75. The summed E-state index contributed by atoms with van der Waals surface area (Å²) in [6.07, 6.45) is 0. The maximum atomic E-state index is 12.2. The molecular weight excluding hydrogens is 322 g/mol. The number of hydrogen-bond donors (Lipinski definition) is 2. The molecule has 0 radical (unpaired) electrons. The Labute approximate surface area is 136 Å². The molecule has 110 valence electrons. The van der Waals surface area contributed by atoms with Crippen molar-refractivity contribution in [3.8, 4) is 0 Å². The van der Waals surface area contributed by atoms with Crippen molar-refractivity contribution in [3.05, 3.63) is 64.7 Å². The zero-order chi connectivity index (χ0) is 15.7. The summed E-state index contributed by atoms with van der Waals surface area (Å²) in [6, 6.07) is 13.5. The van der Waals surface area contributed by atoms with E-state index in [4.69, 9.17) is 23.8 Å². The number of nitrogens with one attached hydrogen (secondary N) is 2. The van der Waals surface area contributed by atoms with Crippen LogP contribution in [0.3, 0.4) is 0 Å². The topological polar surface area (TPSA) is 61.4 Å². The highest BCUT2D eigenvalue weighted by Crippen LogP contribution is 2.21. The lowest BCUT2D eigenvalue weighted by molar-refractivity contribution is 0.0613. The monoisotopic (exact) mass is 331 g/mol. The minimum atomic E-state index is -0.430. The SMILES string of the molecule is O=C1c2ccccc2C(=O)N1NC(=S)Nc1ccc(Cl)cc1. The molecule has 0 spiro atoms. The molecule has 0 fully saturated rings. The Hall–Kier alpha value is -2.44. The Kier molecular flexibility index (Phi) is 3.79. The first-order chi connectivity index (χ1) is 10.6. The van der Waals surface area contributed by atoms with Gasteiger partial charge in [0.05, 0.1) is 11.1 Å². The van der Waals surface area contributed by atoms with Gasteiger partial charge in [0.25, 0.3) is 11.8 Å². The van der Waals surface area contributed by atoms with Gasteiger partial charge in [-0.15, -0.1) is 0 Å². The van der Waals surface area contributed by atoms with Crippen molar-refractivity contribution in [3.63, 3.8) is 0 Å². The molecule has 0 saturated carbocycles. The molecule has 22 heavy (non-hydrogen) atoms. The number of carbonyl (C=O) groups is 2. The van der Waals surface area contributed by atoms with Crippen LogP contribution in [-0.2, 0) is 0 Å². The van der Waals surface area contributed by atoms with E-state index in [9.17, 15) is 9.59 Å². The lowest BCUT2D eigenvalue weighted by Crippen LogP contribution is -2.47. The lowest BCUT2D eigenvalue weighted by Gasteiger charge is -2.17. The zero-order valence-corrected chi connectivity index (χ0v) is 12.7. The number of halogens is 1. The molecule has 2 N–H and O–H groups in total. The number of imide groups is 1. The molecule has 1 aliphatic heterocycles. The summed E-state index contributed by atoms with van der Waals surface area (Å²) in [5.41, 5.74) is 4.01. The second kappa shape index (κ2) is 5.75. The molecule has 1 aliphatic rings. The van der Waals surface area contributed by atoms with Crippen LogP contribution < -0.4 is 10.7 Å². The van der Waals surface area contributed by atoms with Crippen molar-refractivity contribution in [2.45, 2.75) is 0 Å². The van der Waals surface area contributed by atoms with Gasteiger partial charge in [-0.1, -0.05) is 23.7 Å². The van der Waals surface area contributed by atoms with Crippen LogP contribution in [0.5, 0.6) is 0 Å². The quantitative estimate of drug-likeness (QED) is 0.654. The van der Waals surface area contributed by atoms with Crippen molar-refractivity contribution in [2.24, 2.45) is 0 Å². The van der Waals surface area contributed by atoms with Crippen LogP contribution in [-0.4, -0.2) is 21.9 Å². The fourth-order valence-electron chi connectivity index (χ4n) is 2.08. The van der Waals surface area contributed by atoms with E-state index in [-0.39, 0.29) is 5.11 Å². The van der Waals surface area contributed by atoms with Gasteiger partial charge < -0.3 is 5.32 Å². The molecule has 2 aromatic rings. The number of fused-ring (bicyclic) bond motifs is 1. The van der Waals surface area contributed by atoms with Gasteiger partial charge in [-0.2, -0.15) is 5.01 Å². The molecule has 0 aromatic heterocycles. The third-order valence-corrected chi connectivity index (χ3v) is 3.55. The Morgan fingerprint density at radius 1 is 0.955 bits per heavy atom. The van der Waals surface area contributed by atoms with Crippen molar-refractivity contribution in [1.29, 1.82) is 0 Å². The van der Waals surface area contributed by atoms with Crippen LogP contribution in [0.2, 0.25) is 5.02 Å². The predicted octanol–water partition coefficient (Wildman–Crippen LogP) is 2.84. The highest BCUT2D eigenvalue weighted by molar-refractivity contribution is 7.80. The summed E-state index contributed by atoms with van der Waals surface area (Å²) in [5.74, 6) is -0.860. The number of benzene rings is 2. The molecule has 5 nitrogen and oxygen atoms in total. The summed E-state index contributed by atoms with van der Waals surface area (Å²) in [6.45, 7) is 0. The van der Waals surface area contributed by atoms with E-state index in [1.807, 2.05) is 0 Å². The van der Waals surface area contributed by atoms with Gasteiger partial charge in [0.15, 0.2) is 5.11 Å². The smallest absolute Gasteiger partial charge is 0.280 e. The summed E-state index contributed by atoms with van der Waals surface area (Å²) < 4.78 is 0. The van der Waals surface area contributed by atoms with Crippen molar-refractivity contribution < 1.29 is 9.59 Å². The van der Waals surface area contributed by atoms with Crippen LogP contribution >= 0.6 is 23.8 Å². The molecule has 2 amide bonds. The lowest BCUT2D eigenvalue weighted by atomic mass is 10.1. The van der Waals surface area contributed by atoms with E-state index in [1.54, 1.807) is 48.5 Å². The number of rotatable bonds is 2. The molecule has 2 aromatic carbocycles. The standard InChI is InChI=1S/C15H10ClN3O2S/c16-9-5-7-10(8-6-9)17-15(22)18-19-13(20)11-3-1-2-4-12(11)14(19)21/h1-8H,(H2,17,18,22). The van der Waals surface area contributed by atoms with E-state index < -0.39 is 11.8 Å². The highest BCUT2D eigenvalue weighted by atomic mass is 35.5. The molecule has 1 heterocycles. The van der Waals surface area contributed by atoms with Gasteiger partial charge >= 0.3 is 0 Å². The van der Waals surface area contributed by atoms with Crippen molar-refractivity contribution in [2.75, 3.05) is 5.32 Å². The normalized spacial score (nSPS) is 13.0. The van der Waals surface area contributed by atoms with E-state index in [0.717, 1.165) is 5.01 Å². The van der Waals surface area contributed by atoms with Crippen LogP contribution in [0.25, 0.3) is 0 Å². The van der Waals surface area contributed by atoms with E-state index >= 15 is 0 Å². The Morgan fingerprint density at radius 2 is 1.50 bits per heavy atom. The minimum absolute atomic E-state index is 0.136. The molecular formula is C15H10ClN3O2S. The summed E-state index contributed by atoms with van der Waals surface area (Å²) in [4.78, 5) is 24.4. The number of hydrogen-bond acceptors (Lipinski definition) is 3. The van der Waals surface area contributed by atoms with Gasteiger partial charge in [0.2, 0.25) is 0 Å². The van der Waals surface area contributed by atoms with E-state index in [1.165, 1.54) is 0 Å². The largest absolute Gasteiger partial charge is 0.331 e. The summed E-state index contributed by atoms with van der Waals surface area (Å²) >= 11 is 10.9. The molecule has 3 rings (SSSR count). The Bertz CT molecular complexity index is 742. The highest BCUT2D eigenvalue weighted by Gasteiger charge is 2.35. The van der Waals surface area contributed by atoms with Crippen molar-refractivity contribution in [1.82, 2.24) is 10.4 Å². The van der Waals surface area contributed by atoms with Gasteiger partial charge in [-0.25, -0.2) is 0 Å². The van der Waals surface area contributed by atoms with Crippen LogP contribution in [0, 0.1) is 0 Å². The number of nitrogens with zero attached hydrogens (tertiary/aromatic N) is 1. The number of hydrazine groups is 1. The Balaban J connectivity index is 1.71. The number of anilines is 1. The number of carbonyl (C=O) groups excluding carboxylic acids is 2. The molecule has 0 atom stereocenters. The Morgan fingerprint density at radius 3 is 2.05 bits per heavy atom. The maximum absolute atomic E-state index is 12.2. The first-order valence-corrected chi connectivity index (χ1v) is 7.16. The number of amides is 2. The average molecular weight is 332 g/mol. The third-order valence-electron chi connectivity index (χ3n) is 3.11. The first kappa shape index (κ1) is 14.5. The summed E-state index contributed by atoms with van der Waals surface area (Å²) in [5, 5.41) is 4.52. The second-order valence-corrected chi connectivity index (χ2v) is 5.41. The summed E-state index contributed by atoms with van der Waals surface area (Å²) in [7, 11) is 0. The molecule has 0 aliphatic carbocycles. The van der Waals surface area contributed by atoms with Gasteiger partial charge in [-0.05, 0) is 48.6 Å². The van der Waals surface area contributed by atoms with E-state index in [2.05, 4.69) is 10.7 Å². The van der Waals surface area contributed by atoms with Crippen molar-refractivity contribution >= 4 is 46.4 Å². The predicted molar refractivity (Wildman–Crippen MR) is 87.8 cm³/mol. The molecule has 0 unspecified atom stereocenters. The van der Waals surface area contributed by atoms with Crippen LogP contribution in [0.4, 0.5) is 5.69 Å². The molecule has 7 heteroatoms. The van der Waals surface area contributed by atoms with Crippen LogP contribution in [0.15, 0.2) is 48.5 Å². The minimum Gasteiger partial charge on any atom is -0.331 e. The molecule has 0 bridgehead atoms. The van der Waals surface area contributed by atoms with E-state index in [0.29, 0.717) is 21.8 Å². The maximum Gasteiger partial charge on any atom is 0.280 e. The van der Waals surface area contributed by atoms with Gasteiger partial charge in [0.1, 0.15) is 0 Å². The molecule has 0 saturated heterocycles. The van der Waals surface area contributed by atoms with Gasteiger partial charge in [0, 0.05) is 10.7 Å². The second-order valence-electron chi connectivity index (χ2n) is 4.56. The van der Waals surface area contributed by atoms with Gasteiger partial charge in [-0.3, -0.25) is 15.0 Å². The first-order valence-electron chi connectivity index (χ1n) is 6.37. The fraction of sp³-hybridized carbons (Fsp3) is 0.